The number of benzene rings is 8. The lowest BCUT2D eigenvalue weighted by Gasteiger charge is -2.38. The van der Waals surface area contributed by atoms with Gasteiger partial charge in [-0.2, -0.15) is 52.7 Å². The fraction of sp³-hybridized carbons (Fsp3) is 0.169. The van der Waals surface area contributed by atoms with Gasteiger partial charge in [0.1, 0.15) is 46.0 Å². The van der Waals surface area contributed by atoms with E-state index >= 15 is 0 Å². The van der Waals surface area contributed by atoms with Gasteiger partial charge in [-0.25, -0.2) is 0 Å². The minimum Gasteiger partial charge on any atom is -0.457 e. The number of halogens is 12. The van der Waals surface area contributed by atoms with Crippen molar-refractivity contribution in [2.45, 2.75) is 63.2 Å². The molecule has 0 N–H and O–H groups in total. The fourth-order valence-electron chi connectivity index (χ4n) is 9.10. The van der Waals surface area contributed by atoms with Crippen LogP contribution >= 0.6 is 0 Å². The summed E-state index contributed by atoms with van der Waals surface area (Å²) in [4.78, 5) is 13.4. The first-order valence-corrected chi connectivity index (χ1v) is 23.0. The number of alkyl halides is 12. The van der Waals surface area contributed by atoms with Gasteiger partial charge < -0.3 is 18.9 Å². The lowest BCUT2D eigenvalue weighted by Crippen LogP contribution is -2.54. The quantitative estimate of drug-likeness (QED) is 0.0802. The van der Waals surface area contributed by atoms with E-state index < -0.39 is 63.6 Å². The van der Waals surface area contributed by atoms with Crippen LogP contribution in [0.5, 0.6) is 46.0 Å². The molecule has 0 heterocycles. The third-order valence-corrected chi connectivity index (χ3v) is 12.4. The van der Waals surface area contributed by atoms with Crippen LogP contribution in [-0.4, -0.2) is 30.5 Å². The third-order valence-electron chi connectivity index (χ3n) is 12.4. The highest BCUT2D eigenvalue weighted by Crippen LogP contribution is 2.58. The molecule has 0 radical (unpaired) electrons. The summed E-state index contributed by atoms with van der Waals surface area (Å²) in [5.41, 5.74) is -9.66. The Bertz CT molecular complexity index is 3030. The molecule has 0 spiro atoms. The predicted octanol–water partition coefficient (Wildman–Crippen LogP) is 18.1. The van der Waals surface area contributed by atoms with Crippen molar-refractivity contribution in [1.82, 2.24) is 0 Å². The Morgan fingerprint density at radius 1 is 0.276 bits per heavy atom. The molecule has 0 aliphatic heterocycles. The molecule has 0 saturated carbocycles. The number of aryl methyl sites for hydroxylation is 4. The highest BCUT2D eigenvalue weighted by Gasteiger charge is 2.73. The maximum atomic E-state index is 14.9. The summed E-state index contributed by atoms with van der Waals surface area (Å²) in [5, 5.41) is 0. The maximum absolute atomic E-state index is 14.9. The van der Waals surface area contributed by atoms with Crippen LogP contribution in [0.15, 0.2) is 182 Å². The van der Waals surface area contributed by atoms with Crippen molar-refractivity contribution in [3.05, 3.63) is 238 Å². The third kappa shape index (κ3) is 10.8. The molecule has 0 atom stereocenters. The Balaban J connectivity index is 0.935. The van der Waals surface area contributed by atoms with Gasteiger partial charge in [0.2, 0.25) is 10.8 Å². The average molecular weight is 1060 g/mol. The van der Waals surface area contributed by atoms with Gasteiger partial charge in [-0.05, 0) is 194 Å². The standard InChI is InChI=1S/C59H42F12O5/c1-35-29-36(2)32-51(31-35)75-49-25-13-43(14-26-49)54(56(60,61)62,57(63,64)65)41-9-21-47(22-10-41)73-45-17-5-39(6-18-45)53(72)40-7-19-46(20-8-40)74-48-23-11-42(12-24-48)55(58(66,67)68,59(69,70)71)44-15-27-50(28-16-44)76-52-33-37(3)30-38(4)34-52/h5-34H,1-4H3. The second-order valence-corrected chi connectivity index (χ2v) is 18.0. The fourth-order valence-corrected chi connectivity index (χ4v) is 9.10. The van der Waals surface area contributed by atoms with E-state index in [2.05, 4.69) is 0 Å². The number of carbonyl (C=O) groups excluding carboxylic acids is 1. The molecule has 0 bridgehead atoms. The Morgan fingerprint density at radius 3 is 0.658 bits per heavy atom. The zero-order valence-corrected chi connectivity index (χ0v) is 40.4. The summed E-state index contributed by atoms with van der Waals surface area (Å²) in [7, 11) is 0. The van der Waals surface area contributed by atoms with Crippen LogP contribution in [0.4, 0.5) is 52.7 Å². The molecule has 8 aromatic rings. The van der Waals surface area contributed by atoms with Crippen LogP contribution in [0, 0.1) is 27.7 Å². The highest BCUT2D eigenvalue weighted by atomic mass is 19.4. The van der Waals surface area contributed by atoms with Crippen LogP contribution in [0.25, 0.3) is 0 Å². The number of ketones is 1. The molecule has 0 amide bonds. The Hall–Kier alpha value is -8.21. The molecule has 8 aromatic carbocycles. The van der Waals surface area contributed by atoms with Gasteiger partial charge in [0.15, 0.2) is 5.78 Å². The summed E-state index contributed by atoms with van der Waals surface area (Å²) in [5.74, 6) is 0.175. The molecular weight excluding hydrogens is 1020 g/mol. The van der Waals surface area contributed by atoms with Crippen LogP contribution in [0.1, 0.15) is 60.4 Å². The van der Waals surface area contributed by atoms with Crippen LogP contribution < -0.4 is 18.9 Å². The Kier molecular flexibility index (Phi) is 14.6. The topological polar surface area (TPSA) is 54.0 Å². The van der Waals surface area contributed by atoms with Gasteiger partial charge in [0.25, 0.3) is 0 Å². The van der Waals surface area contributed by atoms with E-state index in [1.54, 1.807) is 52.0 Å². The van der Waals surface area contributed by atoms with Gasteiger partial charge in [0, 0.05) is 11.1 Å². The number of rotatable bonds is 14. The average Bonchev–Trinajstić information content (AvgIpc) is 3.33. The van der Waals surface area contributed by atoms with Crippen molar-refractivity contribution >= 4 is 5.78 Å². The predicted molar refractivity (Wildman–Crippen MR) is 260 cm³/mol. The Labute approximate surface area is 427 Å². The van der Waals surface area contributed by atoms with Crippen LogP contribution in [-0.2, 0) is 10.8 Å². The molecular formula is C59H42F12O5. The molecule has 392 valence electrons. The van der Waals surface area contributed by atoms with Crippen molar-refractivity contribution in [3.8, 4) is 46.0 Å². The second kappa shape index (κ2) is 20.5. The van der Waals surface area contributed by atoms with Gasteiger partial charge in [0.05, 0.1) is 0 Å². The summed E-state index contributed by atoms with van der Waals surface area (Å²) in [6.45, 7) is 7.22. The van der Waals surface area contributed by atoms with Gasteiger partial charge in [-0.3, -0.25) is 4.79 Å². The molecule has 0 aliphatic carbocycles. The summed E-state index contributed by atoms with van der Waals surface area (Å²) < 4.78 is 202. The van der Waals surface area contributed by atoms with E-state index in [0.717, 1.165) is 95.1 Å². The molecule has 8 rings (SSSR count). The normalized spacial score (nSPS) is 12.5. The van der Waals surface area contributed by atoms with E-state index in [-0.39, 0.29) is 45.6 Å². The van der Waals surface area contributed by atoms with E-state index in [1.165, 1.54) is 48.5 Å². The van der Waals surface area contributed by atoms with Gasteiger partial charge in [-0.1, -0.05) is 60.7 Å². The zero-order chi connectivity index (χ0) is 55.0. The minimum absolute atomic E-state index is 0.0236. The highest BCUT2D eigenvalue weighted by molar-refractivity contribution is 6.09. The van der Waals surface area contributed by atoms with Crippen LogP contribution in [0.3, 0.4) is 0 Å². The minimum atomic E-state index is -5.85. The smallest absolute Gasteiger partial charge is 0.411 e. The van der Waals surface area contributed by atoms with E-state index in [1.807, 2.05) is 12.1 Å². The largest absolute Gasteiger partial charge is 0.457 e. The SMILES string of the molecule is Cc1cc(C)cc(Oc2ccc(C(c3ccc(Oc4ccc(C(=O)c5ccc(Oc6ccc(C(c7ccc(Oc8cc(C)cc(C)c8)cc7)(C(F)(F)F)C(F)(F)F)cc6)cc5)cc4)cc3)(C(F)(F)F)C(F)(F)F)cc2)c1. The molecule has 0 aromatic heterocycles. The van der Waals surface area contributed by atoms with E-state index in [9.17, 15) is 57.5 Å². The van der Waals surface area contributed by atoms with Crippen molar-refractivity contribution in [1.29, 1.82) is 0 Å². The van der Waals surface area contributed by atoms with Crippen molar-refractivity contribution in [2.24, 2.45) is 0 Å². The lowest BCUT2D eigenvalue weighted by atomic mass is 9.73. The second-order valence-electron chi connectivity index (χ2n) is 18.0. The first kappa shape index (κ1) is 54.1. The number of ether oxygens (including phenoxy) is 4. The number of hydrogen-bond donors (Lipinski definition) is 0. The van der Waals surface area contributed by atoms with E-state index in [4.69, 9.17) is 18.9 Å². The maximum Gasteiger partial charge on any atom is 0.411 e. The molecule has 0 aliphatic rings. The van der Waals surface area contributed by atoms with Crippen molar-refractivity contribution in [2.75, 3.05) is 0 Å². The van der Waals surface area contributed by atoms with Crippen molar-refractivity contribution < 1.29 is 76.4 Å². The first-order valence-electron chi connectivity index (χ1n) is 23.0. The molecule has 76 heavy (non-hydrogen) atoms. The summed E-state index contributed by atoms with van der Waals surface area (Å²) >= 11 is 0. The summed E-state index contributed by atoms with van der Waals surface area (Å²) in [6.07, 6.45) is -23.4. The van der Waals surface area contributed by atoms with E-state index in [0.29, 0.717) is 35.8 Å². The zero-order valence-electron chi connectivity index (χ0n) is 40.4. The Morgan fingerprint density at radius 2 is 0.461 bits per heavy atom. The van der Waals surface area contributed by atoms with Gasteiger partial charge in [-0.15, -0.1) is 0 Å². The molecule has 0 fully saturated rings. The van der Waals surface area contributed by atoms with Crippen molar-refractivity contribution in [3.63, 3.8) is 0 Å². The van der Waals surface area contributed by atoms with Crippen LogP contribution in [0.2, 0.25) is 0 Å². The molecule has 17 heteroatoms. The lowest BCUT2D eigenvalue weighted by molar-refractivity contribution is -0.290. The molecule has 0 unspecified atom stereocenters. The number of carbonyl (C=O) groups is 1. The summed E-state index contributed by atoms with van der Waals surface area (Å²) in [6, 6.07) is 34.8. The first-order chi connectivity index (χ1) is 35.7. The molecule has 5 nitrogen and oxygen atoms in total. The number of hydrogen-bond acceptors (Lipinski definition) is 5. The van der Waals surface area contributed by atoms with Gasteiger partial charge >= 0.3 is 24.7 Å². The molecule has 0 saturated heterocycles. The monoisotopic (exact) mass is 1060 g/mol.